The van der Waals surface area contributed by atoms with Crippen LogP contribution in [0.25, 0.3) is 22.4 Å². The molecule has 1 heterocycles. The van der Waals surface area contributed by atoms with Crippen molar-refractivity contribution in [2.75, 3.05) is 0 Å². The van der Waals surface area contributed by atoms with Crippen LogP contribution in [0.3, 0.4) is 0 Å². The lowest BCUT2D eigenvalue weighted by Gasteiger charge is -2.14. The highest BCUT2D eigenvalue weighted by atomic mass is 35.5. The molecule has 180 valence electrons. The molecule has 0 N–H and O–H groups in total. The second-order valence-corrected chi connectivity index (χ2v) is 9.99. The van der Waals surface area contributed by atoms with Gasteiger partial charge in [-0.25, -0.2) is 4.98 Å². The van der Waals surface area contributed by atoms with Gasteiger partial charge in [0.1, 0.15) is 22.6 Å². The first-order valence-corrected chi connectivity index (χ1v) is 13.3. The highest BCUT2D eigenvalue weighted by molar-refractivity contribution is 7.98. The van der Waals surface area contributed by atoms with Crippen LogP contribution >= 0.6 is 35.0 Å². The summed E-state index contributed by atoms with van der Waals surface area (Å²) in [5, 5.41) is 12.0. The predicted octanol–water partition coefficient (Wildman–Crippen LogP) is 9.68. The highest BCUT2D eigenvalue weighted by Crippen LogP contribution is 2.37. The van der Waals surface area contributed by atoms with Gasteiger partial charge in [0.05, 0.1) is 11.3 Å². The lowest BCUT2D eigenvalue weighted by atomic mass is 9.99. The molecule has 0 saturated heterocycles. The Morgan fingerprint density at radius 3 is 2.24 bits per heavy atom. The SMILES string of the molecule is N#Cc1c(-c2ccc(Cl)cc2)cc(-c2ccccc2Cl)nc1SCc1cccc(Oc2ccccc2)c1. The summed E-state index contributed by atoms with van der Waals surface area (Å²) in [4.78, 5) is 4.88. The van der Waals surface area contributed by atoms with Crippen LogP contribution in [-0.4, -0.2) is 4.98 Å². The third kappa shape index (κ3) is 5.98. The molecule has 0 unspecified atom stereocenters. The van der Waals surface area contributed by atoms with Crippen LogP contribution in [0.15, 0.2) is 114 Å². The van der Waals surface area contributed by atoms with Crippen LogP contribution in [0.1, 0.15) is 11.1 Å². The van der Waals surface area contributed by atoms with E-state index in [9.17, 15) is 5.26 Å². The zero-order valence-electron chi connectivity index (χ0n) is 19.6. The summed E-state index contributed by atoms with van der Waals surface area (Å²) in [6, 6.07) is 36.9. The first kappa shape index (κ1) is 24.9. The van der Waals surface area contributed by atoms with Gasteiger partial charge in [0.15, 0.2) is 0 Å². The third-order valence-corrected chi connectivity index (χ3v) is 7.28. The number of benzene rings is 4. The first-order valence-electron chi connectivity index (χ1n) is 11.5. The molecule has 37 heavy (non-hydrogen) atoms. The standard InChI is InChI=1S/C31H20Cl2N2OS/c32-23-15-13-22(14-16-23)27-18-30(26-11-4-5-12-29(26)33)35-31(28(27)19-34)37-20-21-7-6-10-25(17-21)36-24-8-2-1-3-9-24/h1-18H,20H2. The Morgan fingerprint density at radius 2 is 1.49 bits per heavy atom. The molecule has 4 aromatic carbocycles. The fourth-order valence-electron chi connectivity index (χ4n) is 3.87. The average molecular weight is 539 g/mol. The van der Waals surface area contributed by atoms with Crippen LogP contribution in [0.2, 0.25) is 10.0 Å². The lowest BCUT2D eigenvalue weighted by molar-refractivity contribution is 0.482. The number of hydrogen-bond donors (Lipinski definition) is 0. The maximum Gasteiger partial charge on any atom is 0.127 e. The van der Waals surface area contributed by atoms with Crippen LogP contribution in [0.4, 0.5) is 0 Å². The van der Waals surface area contributed by atoms with Gasteiger partial charge in [-0.2, -0.15) is 5.26 Å². The van der Waals surface area contributed by atoms with E-state index >= 15 is 0 Å². The summed E-state index contributed by atoms with van der Waals surface area (Å²) in [5.41, 5.74) is 4.76. The Bertz CT molecular complexity index is 1580. The minimum absolute atomic E-state index is 0.514. The average Bonchev–Trinajstić information content (AvgIpc) is 2.93. The molecule has 0 aliphatic carbocycles. The Morgan fingerprint density at radius 1 is 0.757 bits per heavy atom. The molecular weight excluding hydrogens is 519 g/mol. The maximum absolute atomic E-state index is 10.2. The van der Waals surface area contributed by atoms with Crippen molar-refractivity contribution in [2.24, 2.45) is 0 Å². The molecule has 1 aromatic heterocycles. The highest BCUT2D eigenvalue weighted by Gasteiger charge is 2.17. The first-order chi connectivity index (χ1) is 18.1. The van der Waals surface area contributed by atoms with E-state index in [2.05, 4.69) is 6.07 Å². The van der Waals surface area contributed by atoms with Gasteiger partial charge in [-0.05, 0) is 59.7 Å². The zero-order valence-corrected chi connectivity index (χ0v) is 21.9. The van der Waals surface area contributed by atoms with E-state index in [1.165, 1.54) is 11.8 Å². The largest absolute Gasteiger partial charge is 0.457 e. The Balaban J connectivity index is 1.51. The number of ether oxygens (including phenoxy) is 1. The summed E-state index contributed by atoms with van der Waals surface area (Å²) in [5.74, 6) is 2.14. The zero-order chi connectivity index (χ0) is 25.6. The Hall–Kier alpha value is -3.75. The summed E-state index contributed by atoms with van der Waals surface area (Å²) in [7, 11) is 0. The van der Waals surface area contributed by atoms with Crippen molar-refractivity contribution < 1.29 is 4.74 Å². The number of nitrogens with zero attached hydrogens (tertiary/aromatic N) is 2. The van der Waals surface area contributed by atoms with Crippen molar-refractivity contribution in [3.63, 3.8) is 0 Å². The molecule has 0 radical (unpaired) electrons. The molecule has 0 fully saturated rings. The molecule has 0 amide bonds. The minimum Gasteiger partial charge on any atom is -0.457 e. The maximum atomic E-state index is 10.2. The molecule has 0 bridgehead atoms. The topological polar surface area (TPSA) is 45.9 Å². The molecule has 5 aromatic rings. The number of aromatic nitrogens is 1. The smallest absolute Gasteiger partial charge is 0.127 e. The van der Waals surface area contributed by atoms with Crippen LogP contribution in [0.5, 0.6) is 11.5 Å². The number of para-hydroxylation sites is 1. The Kier molecular flexibility index (Phi) is 7.77. The number of nitriles is 1. The monoisotopic (exact) mass is 538 g/mol. The number of pyridine rings is 1. The van der Waals surface area contributed by atoms with E-state index in [1.54, 1.807) is 0 Å². The second kappa shape index (κ2) is 11.5. The second-order valence-electron chi connectivity index (χ2n) is 8.18. The van der Waals surface area contributed by atoms with Gasteiger partial charge < -0.3 is 4.74 Å². The predicted molar refractivity (Wildman–Crippen MR) is 152 cm³/mol. The minimum atomic E-state index is 0.514. The van der Waals surface area contributed by atoms with Crippen molar-refractivity contribution in [3.05, 3.63) is 130 Å². The summed E-state index contributed by atoms with van der Waals surface area (Å²) in [6.45, 7) is 0. The van der Waals surface area contributed by atoms with Crippen molar-refractivity contribution in [1.29, 1.82) is 5.26 Å². The van der Waals surface area contributed by atoms with Crippen molar-refractivity contribution in [2.45, 2.75) is 10.8 Å². The number of hydrogen-bond acceptors (Lipinski definition) is 4. The van der Waals surface area contributed by atoms with Crippen molar-refractivity contribution in [3.8, 4) is 40.0 Å². The molecule has 0 aliphatic rings. The van der Waals surface area contributed by atoms with Gasteiger partial charge >= 0.3 is 0 Å². The van der Waals surface area contributed by atoms with Crippen LogP contribution < -0.4 is 4.74 Å². The number of rotatable bonds is 7. The van der Waals surface area contributed by atoms with E-state index in [0.29, 0.717) is 32.1 Å². The van der Waals surface area contributed by atoms with Gasteiger partial charge in [-0.3, -0.25) is 0 Å². The number of halogens is 2. The number of thioether (sulfide) groups is 1. The lowest BCUT2D eigenvalue weighted by Crippen LogP contribution is -1.97. The van der Waals surface area contributed by atoms with Gasteiger partial charge in [-0.15, -0.1) is 11.8 Å². The normalized spacial score (nSPS) is 10.6. The molecule has 5 rings (SSSR count). The summed E-state index contributed by atoms with van der Waals surface area (Å²) in [6.07, 6.45) is 0. The van der Waals surface area contributed by atoms with Gasteiger partial charge in [0.2, 0.25) is 0 Å². The quantitative estimate of drug-likeness (QED) is 0.193. The molecular formula is C31H20Cl2N2OS. The molecule has 0 atom stereocenters. The Labute approximate surface area is 230 Å². The van der Waals surface area contributed by atoms with E-state index in [1.807, 2.05) is 109 Å². The van der Waals surface area contributed by atoms with E-state index in [4.69, 9.17) is 32.9 Å². The third-order valence-electron chi connectivity index (χ3n) is 5.66. The fraction of sp³-hybridized carbons (Fsp3) is 0.0323. The van der Waals surface area contributed by atoms with Crippen LogP contribution in [-0.2, 0) is 5.75 Å². The molecule has 6 heteroatoms. The molecule has 3 nitrogen and oxygen atoms in total. The summed E-state index contributed by atoms with van der Waals surface area (Å²) < 4.78 is 5.99. The van der Waals surface area contributed by atoms with Gasteiger partial charge in [0, 0.05) is 26.9 Å². The van der Waals surface area contributed by atoms with E-state index in [-0.39, 0.29) is 0 Å². The van der Waals surface area contributed by atoms with E-state index in [0.717, 1.165) is 33.8 Å². The molecule has 0 saturated carbocycles. The van der Waals surface area contributed by atoms with E-state index < -0.39 is 0 Å². The fourth-order valence-corrected chi connectivity index (χ4v) is 5.18. The van der Waals surface area contributed by atoms with Crippen LogP contribution in [0, 0.1) is 11.3 Å². The summed E-state index contributed by atoms with van der Waals surface area (Å²) >= 11 is 14.1. The van der Waals surface area contributed by atoms with Crippen molar-refractivity contribution in [1.82, 2.24) is 4.98 Å². The molecule has 0 spiro atoms. The molecule has 0 aliphatic heterocycles. The van der Waals surface area contributed by atoms with Gasteiger partial charge in [-0.1, -0.05) is 83.9 Å². The van der Waals surface area contributed by atoms with Crippen molar-refractivity contribution >= 4 is 35.0 Å². The van der Waals surface area contributed by atoms with Gasteiger partial charge in [0.25, 0.3) is 0 Å².